The summed E-state index contributed by atoms with van der Waals surface area (Å²) in [5.74, 6) is 0.542. The van der Waals surface area contributed by atoms with E-state index in [1.165, 1.54) is 12.8 Å². The molecule has 0 spiro atoms. The minimum atomic E-state index is 0.326. The highest BCUT2D eigenvalue weighted by atomic mass is 16.5. The van der Waals surface area contributed by atoms with Crippen LogP contribution in [0.4, 0.5) is 5.69 Å². The number of hydrogen-bond donors (Lipinski definition) is 1. The van der Waals surface area contributed by atoms with Crippen molar-refractivity contribution in [2.45, 2.75) is 70.2 Å². The van der Waals surface area contributed by atoms with E-state index in [9.17, 15) is 0 Å². The predicted molar refractivity (Wildman–Crippen MR) is 112 cm³/mol. The second-order valence-electron chi connectivity index (χ2n) is 8.35. The second kappa shape index (κ2) is 11.2. The van der Waals surface area contributed by atoms with Gasteiger partial charge in [-0.25, -0.2) is 0 Å². The van der Waals surface area contributed by atoms with Crippen molar-refractivity contribution in [3.05, 3.63) is 6.20 Å². The maximum Gasteiger partial charge on any atom is 0.256 e. The van der Waals surface area contributed by atoms with Crippen LogP contribution in [0.1, 0.15) is 52.0 Å². The number of anilines is 1. The zero-order chi connectivity index (χ0) is 20.6. The summed E-state index contributed by atoms with van der Waals surface area (Å²) >= 11 is 0. The third-order valence-corrected chi connectivity index (χ3v) is 5.83. The minimum Gasteiger partial charge on any atom is -0.475 e. The largest absolute Gasteiger partial charge is 0.475 e. The highest BCUT2D eigenvalue weighted by molar-refractivity contribution is 5.46. The van der Waals surface area contributed by atoms with Crippen molar-refractivity contribution in [1.82, 2.24) is 14.7 Å². The Hall–Kier alpha value is -1.35. The van der Waals surface area contributed by atoms with Gasteiger partial charge in [-0.1, -0.05) is 0 Å². The maximum absolute atomic E-state index is 6.13. The summed E-state index contributed by atoms with van der Waals surface area (Å²) in [6.07, 6.45) is 8.01. The first-order chi connectivity index (χ1) is 14.1. The van der Waals surface area contributed by atoms with E-state index in [1.807, 2.05) is 10.9 Å². The van der Waals surface area contributed by atoms with Crippen LogP contribution in [0.25, 0.3) is 0 Å². The van der Waals surface area contributed by atoms with Gasteiger partial charge in [-0.3, -0.25) is 9.58 Å². The molecule has 0 aromatic carbocycles. The molecule has 2 heterocycles. The van der Waals surface area contributed by atoms with Gasteiger partial charge in [0.2, 0.25) is 0 Å². The number of morpholine rings is 1. The van der Waals surface area contributed by atoms with Gasteiger partial charge < -0.3 is 24.7 Å². The van der Waals surface area contributed by atoms with Crippen LogP contribution in [0, 0.1) is 0 Å². The molecule has 1 aromatic heterocycles. The number of methoxy groups -OCH3 is 1. The Morgan fingerprint density at radius 3 is 2.41 bits per heavy atom. The molecule has 1 saturated carbocycles. The Labute approximate surface area is 174 Å². The Morgan fingerprint density at radius 2 is 1.72 bits per heavy atom. The number of nitrogens with two attached hydrogens (primary N) is 1. The third-order valence-electron chi connectivity index (χ3n) is 5.83. The SMILES string of the molecule is COCCOCCCOc1nn([C@H]2CC[C@H](N3C[C@@H](C)O[C@@H](C)C3)CC2)cc1N. The molecule has 1 aliphatic heterocycles. The Balaban J connectivity index is 1.41. The highest BCUT2D eigenvalue weighted by Crippen LogP contribution is 2.33. The van der Waals surface area contributed by atoms with Crippen molar-refractivity contribution < 1.29 is 18.9 Å². The fraction of sp³-hybridized carbons (Fsp3) is 0.857. The predicted octanol–water partition coefficient (Wildman–Crippen LogP) is 2.49. The second-order valence-corrected chi connectivity index (χ2v) is 8.35. The van der Waals surface area contributed by atoms with E-state index < -0.39 is 0 Å². The lowest BCUT2D eigenvalue weighted by atomic mass is 9.89. The molecule has 0 radical (unpaired) electrons. The van der Waals surface area contributed by atoms with Gasteiger partial charge in [0.15, 0.2) is 0 Å². The van der Waals surface area contributed by atoms with Gasteiger partial charge in [0, 0.05) is 39.3 Å². The van der Waals surface area contributed by atoms with Crippen molar-refractivity contribution in [1.29, 1.82) is 0 Å². The van der Waals surface area contributed by atoms with Crippen molar-refractivity contribution in [3.8, 4) is 5.88 Å². The number of hydrogen-bond acceptors (Lipinski definition) is 7. The molecule has 8 nitrogen and oxygen atoms in total. The summed E-state index contributed by atoms with van der Waals surface area (Å²) in [6, 6.07) is 1.06. The number of nitrogens with zero attached hydrogens (tertiary/aromatic N) is 3. The van der Waals surface area contributed by atoms with Gasteiger partial charge in [-0.15, -0.1) is 5.10 Å². The van der Waals surface area contributed by atoms with Crippen molar-refractivity contribution in [3.63, 3.8) is 0 Å². The number of nitrogen functional groups attached to an aromatic ring is 1. The summed E-state index contributed by atoms with van der Waals surface area (Å²) < 4.78 is 24.1. The summed E-state index contributed by atoms with van der Waals surface area (Å²) in [5.41, 5.74) is 6.74. The van der Waals surface area contributed by atoms with Gasteiger partial charge >= 0.3 is 0 Å². The smallest absolute Gasteiger partial charge is 0.256 e. The average Bonchev–Trinajstić information content (AvgIpc) is 3.07. The Kier molecular flexibility index (Phi) is 8.59. The normalized spacial score (nSPS) is 28.5. The molecule has 3 rings (SSSR count). The van der Waals surface area contributed by atoms with Crippen LogP contribution in [0.3, 0.4) is 0 Å². The fourth-order valence-corrected chi connectivity index (χ4v) is 4.47. The molecule has 2 N–H and O–H groups in total. The first-order valence-corrected chi connectivity index (χ1v) is 11.0. The van der Waals surface area contributed by atoms with E-state index in [0.717, 1.165) is 32.4 Å². The van der Waals surface area contributed by atoms with Gasteiger partial charge in [-0.05, 0) is 39.5 Å². The summed E-state index contributed by atoms with van der Waals surface area (Å²) in [6.45, 7) is 8.86. The lowest BCUT2D eigenvalue weighted by Crippen LogP contribution is -2.51. The van der Waals surface area contributed by atoms with Gasteiger partial charge in [0.25, 0.3) is 5.88 Å². The molecule has 1 aromatic rings. The molecule has 1 saturated heterocycles. The number of aromatic nitrogens is 2. The van der Waals surface area contributed by atoms with Gasteiger partial charge in [0.1, 0.15) is 5.69 Å². The first-order valence-electron chi connectivity index (χ1n) is 11.0. The molecule has 1 aliphatic carbocycles. The summed E-state index contributed by atoms with van der Waals surface area (Å²) in [7, 11) is 1.67. The first kappa shape index (κ1) is 22.3. The zero-order valence-corrected chi connectivity index (χ0v) is 18.2. The molecule has 0 unspecified atom stereocenters. The monoisotopic (exact) mass is 410 g/mol. The lowest BCUT2D eigenvalue weighted by molar-refractivity contribution is -0.0852. The Bertz CT molecular complexity index is 594. The Morgan fingerprint density at radius 1 is 1.03 bits per heavy atom. The van der Waals surface area contributed by atoms with E-state index in [1.54, 1.807) is 7.11 Å². The van der Waals surface area contributed by atoms with Crippen molar-refractivity contribution in [2.75, 3.05) is 52.4 Å². The molecule has 2 fully saturated rings. The number of rotatable bonds is 10. The van der Waals surface area contributed by atoms with E-state index in [4.69, 9.17) is 24.7 Å². The van der Waals surface area contributed by atoms with Crippen LogP contribution in [-0.4, -0.2) is 79.6 Å². The summed E-state index contributed by atoms with van der Waals surface area (Å²) in [5, 5.41) is 4.62. The van der Waals surface area contributed by atoms with Crippen molar-refractivity contribution >= 4 is 5.69 Å². The molecule has 166 valence electrons. The number of ether oxygens (including phenoxy) is 4. The third kappa shape index (κ3) is 6.57. The van der Waals surface area contributed by atoms with Crippen LogP contribution >= 0.6 is 0 Å². The molecular weight excluding hydrogens is 372 g/mol. The van der Waals surface area contributed by atoms with Gasteiger partial charge in [0.05, 0.1) is 44.3 Å². The van der Waals surface area contributed by atoms with Crippen LogP contribution in [-0.2, 0) is 14.2 Å². The molecule has 0 amide bonds. The molecule has 2 atom stereocenters. The van der Waals surface area contributed by atoms with Crippen molar-refractivity contribution in [2.24, 2.45) is 0 Å². The van der Waals surface area contributed by atoms with Crippen LogP contribution < -0.4 is 10.5 Å². The van der Waals surface area contributed by atoms with Crippen LogP contribution in [0.15, 0.2) is 6.20 Å². The zero-order valence-electron chi connectivity index (χ0n) is 18.2. The molecule has 0 bridgehead atoms. The molecule has 2 aliphatic rings. The standard InChI is InChI=1S/C21H38N4O4/c1-16-13-24(14-17(2)29-16)18-5-7-19(8-6-18)25-15-20(22)21(23-25)28-10-4-9-27-12-11-26-3/h15-19H,4-14,22H2,1-3H3/t16-,17+,18-,19-. The van der Waals surface area contributed by atoms with E-state index in [2.05, 4.69) is 23.8 Å². The molecule has 8 heteroatoms. The van der Waals surface area contributed by atoms with Crippen LogP contribution in [0.5, 0.6) is 5.88 Å². The fourth-order valence-electron chi connectivity index (χ4n) is 4.47. The minimum absolute atomic E-state index is 0.326. The molecular formula is C21H38N4O4. The molecule has 29 heavy (non-hydrogen) atoms. The van der Waals surface area contributed by atoms with Gasteiger partial charge in [-0.2, -0.15) is 0 Å². The topological polar surface area (TPSA) is 84.0 Å². The summed E-state index contributed by atoms with van der Waals surface area (Å²) in [4.78, 5) is 2.62. The lowest BCUT2D eigenvalue weighted by Gasteiger charge is -2.42. The maximum atomic E-state index is 6.13. The van der Waals surface area contributed by atoms with Crippen LogP contribution in [0.2, 0.25) is 0 Å². The highest BCUT2D eigenvalue weighted by Gasteiger charge is 2.32. The van der Waals surface area contributed by atoms with E-state index >= 15 is 0 Å². The van der Waals surface area contributed by atoms with E-state index in [-0.39, 0.29) is 0 Å². The van der Waals surface area contributed by atoms with E-state index in [0.29, 0.717) is 62.3 Å². The average molecular weight is 411 g/mol. The quantitative estimate of drug-likeness (QED) is 0.593.